The van der Waals surface area contributed by atoms with Crippen LogP contribution in [-0.2, 0) is 9.59 Å². The van der Waals surface area contributed by atoms with E-state index in [1.165, 1.54) is 16.7 Å². The molecule has 5 heteroatoms. The van der Waals surface area contributed by atoms with Crippen LogP contribution in [0.4, 0.5) is 0 Å². The summed E-state index contributed by atoms with van der Waals surface area (Å²) in [5, 5.41) is 0. The molecular weight excluding hydrogens is 176 g/mol. The summed E-state index contributed by atoms with van der Waals surface area (Å²) in [5.41, 5.74) is 5.57. The van der Waals surface area contributed by atoms with Crippen molar-refractivity contribution in [3.63, 3.8) is 0 Å². The second-order valence-electron chi connectivity index (χ2n) is 3.12. The first-order valence-corrected chi connectivity index (χ1v) is 5.04. The Morgan fingerprint density at radius 2 is 1.83 bits per heavy atom. The van der Waals surface area contributed by atoms with Crippen LogP contribution in [0.5, 0.6) is 0 Å². The highest BCUT2D eigenvalue weighted by atomic mass is 32.2. The minimum absolute atomic E-state index is 0.00546. The smallest absolute Gasteiger partial charge is 0.239 e. The second kappa shape index (κ2) is 2.74. The van der Waals surface area contributed by atoms with Gasteiger partial charge in [-0.05, 0) is 6.42 Å². The summed E-state index contributed by atoms with van der Waals surface area (Å²) in [5.74, 6) is 0.701. The van der Waals surface area contributed by atoms with Crippen LogP contribution < -0.4 is 5.73 Å². The normalized spacial score (nSPS) is 35.6. The van der Waals surface area contributed by atoms with Crippen LogP contribution in [0.2, 0.25) is 0 Å². The first-order chi connectivity index (χ1) is 5.70. The first-order valence-electron chi connectivity index (χ1n) is 3.88. The van der Waals surface area contributed by atoms with Crippen LogP contribution in [-0.4, -0.2) is 40.3 Å². The van der Waals surface area contributed by atoms with Gasteiger partial charge in [-0.15, -0.1) is 11.8 Å². The summed E-state index contributed by atoms with van der Waals surface area (Å²) in [4.78, 5) is 23.9. The van der Waals surface area contributed by atoms with E-state index in [1.807, 2.05) is 0 Å². The Morgan fingerprint density at radius 1 is 1.33 bits per heavy atom. The molecule has 1 saturated carbocycles. The fourth-order valence-corrected chi connectivity index (χ4v) is 2.10. The fourth-order valence-electron chi connectivity index (χ4n) is 1.37. The maximum Gasteiger partial charge on any atom is 0.239 e. The standard InChI is InChI=1S/C7H10N2O2S/c8-4-1-5(4)9-6(10)2-12-3-7(9)11/h4-5H,1-3,8H2. The number of carbonyl (C=O) groups is 2. The van der Waals surface area contributed by atoms with Gasteiger partial charge < -0.3 is 5.73 Å². The van der Waals surface area contributed by atoms with Crippen LogP contribution >= 0.6 is 11.8 Å². The summed E-state index contributed by atoms with van der Waals surface area (Å²) in [6.07, 6.45) is 0.780. The highest BCUT2D eigenvalue weighted by Crippen LogP contribution is 2.29. The molecule has 0 aromatic carbocycles. The average Bonchev–Trinajstić information content (AvgIpc) is 2.67. The first kappa shape index (κ1) is 8.07. The van der Waals surface area contributed by atoms with Gasteiger partial charge >= 0.3 is 0 Å². The molecule has 0 aromatic heterocycles. The zero-order valence-corrected chi connectivity index (χ0v) is 7.34. The Bertz CT molecular complexity index is 228. The van der Waals surface area contributed by atoms with Gasteiger partial charge in [-0.1, -0.05) is 0 Å². The summed E-state index contributed by atoms with van der Waals surface area (Å²) >= 11 is 1.38. The Hall–Kier alpha value is -0.550. The van der Waals surface area contributed by atoms with Gasteiger partial charge in [0.25, 0.3) is 0 Å². The molecule has 0 spiro atoms. The van der Waals surface area contributed by atoms with Crippen LogP contribution in [0, 0.1) is 0 Å². The molecule has 2 unspecified atom stereocenters. The van der Waals surface area contributed by atoms with E-state index in [2.05, 4.69) is 0 Å². The molecule has 1 saturated heterocycles. The topological polar surface area (TPSA) is 63.4 Å². The van der Waals surface area contributed by atoms with E-state index in [9.17, 15) is 9.59 Å². The van der Waals surface area contributed by atoms with E-state index in [-0.39, 0.29) is 23.9 Å². The number of nitrogens with zero attached hydrogens (tertiary/aromatic N) is 1. The lowest BCUT2D eigenvalue weighted by Gasteiger charge is -2.24. The minimum Gasteiger partial charge on any atom is -0.326 e. The summed E-state index contributed by atoms with van der Waals surface area (Å²) in [6, 6.07) is 0.0342. The zero-order valence-electron chi connectivity index (χ0n) is 6.53. The van der Waals surface area contributed by atoms with Gasteiger partial charge in [0.2, 0.25) is 11.8 Å². The van der Waals surface area contributed by atoms with Crippen molar-refractivity contribution < 1.29 is 9.59 Å². The van der Waals surface area contributed by atoms with Crippen molar-refractivity contribution >= 4 is 23.6 Å². The van der Waals surface area contributed by atoms with Crippen molar-refractivity contribution in [1.82, 2.24) is 4.90 Å². The lowest BCUT2D eigenvalue weighted by Crippen LogP contribution is -2.46. The van der Waals surface area contributed by atoms with E-state index in [0.29, 0.717) is 11.5 Å². The molecule has 1 aliphatic carbocycles. The summed E-state index contributed by atoms with van der Waals surface area (Å²) in [6.45, 7) is 0. The van der Waals surface area contributed by atoms with Gasteiger partial charge in [-0.25, -0.2) is 0 Å². The van der Waals surface area contributed by atoms with Gasteiger partial charge in [-0.3, -0.25) is 14.5 Å². The highest BCUT2D eigenvalue weighted by Gasteiger charge is 2.45. The molecule has 2 amide bonds. The van der Waals surface area contributed by atoms with E-state index in [4.69, 9.17) is 5.73 Å². The predicted octanol–water partition coefficient (Wildman–Crippen LogP) is -0.812. The van der Waals surface area contributed by atoms with Gasteiger partial charge in [0.1, 0.15) is 0 Å². The molecule has 2 atom stereocenters. The third-order valence-corrected chi connectivity index (χ3v) is 3.03. The third-order valence-electron chi connectivity index (χ3n) is 2.12. The van der Waals surface area contributed by atoms with Crippen LogP contribution in [0.3, 0.4) is 0 Å². The van der Waals surface area contributed by atoms with E-state index >= 15 is 0 Å². The number of imide groups is 1. The molecule has 4 nitrogen and oxygen atoms in total. The molecule has 1 heterocycles. The number of nitrogens with two attached hydrogens (primary N) is 1. The molecule has 2 fully saturated rings. The number of hydrogen-bond acceptors (Lipinski definition) is 4. The Morgan fingerprint density at radius 3 is 2.25 bits per heavy atom. The second-order valence-corrected chi connectivity index (χ2v) is 4.10. The molecule has 1 aliphatic heterocycles. The maximum atomic E-state index is 11.3. The Labute approximate surface area is 74.5 Å². The molecular formula is C7H10N2O2S. The lowest BCUT2D eigenvalue weighted by molar-refractivity contribution is -0.142. The van der Waals surface area contributed by atoms with Gasteiger partial charge in [-0.2, -0.15) is 0 Å². The Kier molecular flexibility index (Phi) is 1.84. The largest absolute Gasteiger partial charge is 0.326 e. The number of amides is 2. The molecule has 2 aliphatic rings. The molecule has 2 N–H and O–H groups in total. The monoisotopic (exact) mass is 186 g/mol. The third kappa shape index (κ3) is 1.23. The number of rotatable bonds is 1. The van der Waals surface area contributed by atoms with Crippen molar-refractivity contribution in [2.24, 2.45) is 5.73 Å². The van der Waals surface area contributed by atoms with Crippen molar-refractivity contribution in [1.29, 1.82) is 0 Å². The fraction of sp³-hybridized carbons (Fsp3) is 0.714. The molecule has 0 bridgehead atoms. The number of carbonyl (C=O) groups excluding carboxylic acids is 2. The van der Waals surface area contributed by atoms with Gasteiger partial charge in [0, 0.05) is 6.04 Å². The maximum absolute atomic E-state index is 11.3. The average molecular weight is 186 g/mol. The molecule has 2 rings (SSSR count). The number of thioether (sulfide) groups is 1. The van der Waals surface area contributed by atoms with Gasteiger partial charge in [0.15, 0.2) is 0 Å². The zero-order chi connectivity index (χ0) is 8.72. The van der Waals surface area contributed by atoms with Crippen LogP contribution in [0.1, 0.15) is 6.42 Å². The SMILES string of the molecule is NC1CC1N1C(=O)CSCC1=O. The Balaban J connectivity index is 2.09. The van der Waals surface area contributed by atoms with Crippen LogP contribution in [0.15, 0.2) is 0 Å². The van der Waals surface area contributed by atoms with Crippen molar-refractivity contribution in [2.75, 3.05) is 11.5 Å². The predicted molar refractivity (Wildman–Crippen MR) is 45.6 cm³/mol. The van der Waals surface area contributed by atoms with Crippen LogP contribution in [0.25, 0.3) is 0 Å². The van der Waals surface area contributed by atoms with E-state index in [0.717, 1.165) is 6.42 Å². The lowest BCUT2D eigenvalue weighted by atomic mass is 10.4. The van der Waals surface area contributed by atoms with Crippen molar-refractivity contribution in [2.45, 2.75) is 18.5 Å². The van der Waals surface area contributed by atoms with Crippen molar-refractivity contribution in [3.8, 4) is 0 Å². The van der Waals surface area contributed by atoms with E-state index in [1.54, 1.807) is 0 Å². The van der Waals surface area contributed by atoms with E-state index < -0.39 is 0 Å². The summed E-state index contributed by atoms with van der Waals surface area (Å²) in [7, 11) is 0. The van der Waals surface area contributed by atoms with Crippen molar-refractivity contribution in [3.05, 3.63) is 0 Å². The molecule has 66 valence electrons. The quantitative estimate of drug-likeness (QED) is 0.544. The molecule has 12 heavy (non-hydrogen) atoms. The minimum atomic E-state index is -0.0748. The highest BCUT2D eigenvalue weighted by molar-refractivity contribution is 8.00. The molecule has 0 radical (unpaired) electrons. The number of hydrogen-bond donors (Lipinski definition) is 1. The van der Waals surface area contributed by atoms with Gasteiger partial charge in [0.05, 0.1) is 17.5 Å². The molecule has 0 aromatic rings. The summed E-state index contributed by atoms with van der Waals surface area (Å²) < 4.78 is 0.